The standard InChI is InChI=1S/C9H13NO/c1-4-8(2)5-6-9(3)11-7-10/h5-6H,4H2,1-3H3/b8-5-,9-6+. The Kier molecular flexibility index (Phi) is 4.93. The van der Waals surface area contributed by atoms with Crippen LogP contribution in [0.5, 0.6) is 0 Å². The van der Waals surface area contributed by atoms with E-state index in [1.54, 1.807) is 19.3 Å². The van der Waals surface area contributed by atoms with Crippen molar-refractivity contribution in [3.63, 3.8) is 0 Å². The second-order valence-corrected chi connectivity index (χ2v) is 2.34. The molecule has 0 rings (SSSR count). The van der Waals surface area contributed by atoms with E-state index in [4.69, 9.17) is 5.26 Å². The summed E-state index contributed by atoms with van der Waals surface area (Å²) in [5, 5.41) is 8.13. The van der Waals surface area contributed by atoms with Crippen molar-refractivity contribution < 1.29 is 4.74 Å². The minimum atomic E-state index is 0.625. The van der Waals surface area contributed by atoms with E-state index in [1.165, 1.54) is 5.57 Å². The summed E-state index contributed by atoms with van der Waals surface area (Å²) in [6.07, 6.45) is 6.38. The van der Waals surface area contributed by atoms with Gasteiger partial charge in [-0.05, 0) is 26.3 Å². The Bertz CT molecular complexity index is 208. The molecule has 0 aromatic heterocycles. The average molecular weight is 151 g/mol. The van der Waals surface area contributed by atoms with E-state index in [1.807, 2.05) is 13.0 Å². The molecule has 0 aromatic carbocycles. The van der Waals surface area contributed by atoms with E-state index in [9.17, 15) is 0 Å². The summed E-state index contributed by atoms with van der Waals surface area (Å²) in [6, 6.07) is 0. The third kappa shape index (κ3) is 5.23. The molecule has 0 aliphatic heterocycles. The van der Waals surface area contributed by atoms with Crippen LogP contribution in [0.3, 0.4) is 0 Å². The van der Waals surface area contributed by atoms with Crippen LogP contribution in [0.25, 0.3) is 0 Å². The van der Waals surface area contributed by atoms with Gasteiger partial charge < -0.3 is 4.74 Å². The summed E-state index contributed by atoms with van der Waals surface area (Å²) in [5.41, 5.74) is 1.27. The fraction of sp³-hybridized carbons (Fsp3) is 0.444. The van der Waals surface area contributed by atoms with Crippen molar-refractivity contribution >= 4 is 0 Å². The first kappa shape index (κ1) is 9.77. The van der Waals surface area contributed by atoms with Crippen LogP contribution in [0.1, 0.15) is 27.2 Å². The van der Waals surface area contributed by atoms with E-state index in [0.29, 0.717) is 5.76 Å². The summed E-state index contributed by atoms with van der Waals surface area (Å²) in [4.78, 5) is 0. The molecule has 0 atom stereocenters. The Balaban J connectivity index is 4.02. The lowest BCUT2D eigenvalue weighted by Gasteiger charge is -1.92. The Morgan fingerprint density at radius 3 is 2.55 bits per heavy atom. The molecule has 0 aliphatic carbocycles. The Labute approximate surface area is 67.8 Å². The molecule has 0 aliphatic rings. The first-order chi connectivity index (χ1) is 5.20. The summed E-state index contributed by atoms with van der Waals surface area (Å²) in [7, 11) is 0. The third-order valence-electron chi connectivity index (χ3n) is 1.37. The zero-order valence-corrected chi connectivity index (χ0v) is 7.22. The van der Waals surface area contributed by atoms with Crippen LogP contribution < -0.4 is 0 Å². The van der Waals surface area contributed by atoms with E-state index >= 15 is 0 Å². The van der Waals surface area contributed by atoms with Crippen LogP contribution in [-0.2, 0) is 4.74 Å². The number of nitrogens with zero attached hydrogens (tertiary/aromatic N) is 1. The predicted molar refractivity (Wildman–Crippen MR) is 44.5 cm³/mol. The van der Waals surface area contributed by atoms with E-state index in [2.05, 4.69) is 11.7 Å². The molecular weight excluding hydrogens is 138 g/mol. The summed E-state index contributed by atoms with van der Waals surface area (Å²) >= 11 is 0. The first-order valence-corrected chi connectivity index (χ1v) is 3.60. The molecule has 0 amide bonds. The van der Waals surface area contributed by atoms with Gasteiger partial charge in [-0.3, -0.25) is 0 Å². The number of ether oxygens (including phenoxy) is 1. The van der Waals surface area contributed by atoms with Crippen LogP contribution >= 0.6 is 0 Å². The van der Waals surface area contributed by atoms with Crippen LogP contribution in [0, 0.1) is 11.5 Å². The molecule has 0 N–H and O–H groups in total. The van der Waals surface area contributed by atoms with Gasteiger partial charge >= 0.3 is 0 Å². The average Bonchev–Trinajstić information content (AvgIpc) is 2.01. The molecule has 0 aromatic rings. The van der Waals surface area contributed by atoms with Gasteiger partial charge in [0, 0.05) is 0 Å². The highest BCUT2D eigenvalue weighted by molar-refractivity contribution is 5.12. The van der Waals surface area contributed by atoms with E-state index in [0.717, 1.165) is 6.42 Å². The van der Waals surface area contributed by atoms with Gasteiger partial charge in [-0.2, -0.15) is 0 Å². The lowest BCUT2D eigenvalue weighted by atomic mass is 10.2. The van der Waals surface area contributed by atoms with E-state index in [-0.39, 0.29) is 0 Å². The molecular formula is C9H13NO. The molecule has 0 spiro atoms. The van der Waals surface area contributed by atoms with Crippen LogP contribution in [-0.4, -0.2) is 0 Å². The summed E-state index contributed by atoms with van der Waals surface area (Å²) < 4.78 is 4.56. The molecule has 0 unspecified atom stereocenters. The highest BCUT2D eigenvalue weighted by Gasteiger charge is 1.85. The lowest BCUT2D eigenvalue weighted by Crippen LogP contribution is -1.77. The summed E-state index contributed by atoms with van der Waals surface area (Å²) in [5.74, 6) is 0.625. The van der Waals surface area contributed by atoms with Crippen molar-refractivity contribution in [1.29, 1.82) is 5.26 Å². The predicted octanol–water partition coefficient (Wildman–Crippen LogP) is 2.74. The minimum Gasteiger partial charge on any atom is -0.393 e. The largest absolute Gasteiger partial charge is 0.393 e. The molecule has 2 heteroatoms. The van der Waals surface area contributed by atoms with Crippen molar-refractivity contribution in [3.05, 3.63) is 23.5 Å². The molecule has 0 heterocycles. The quantitative estimate of drug-likeness (QED) is 0.353. The van der Waals surface area contributed by atoms with Crippen molar-refractivity contribution in [2.45, 2.75) is 27.2 Å². The monoisotopic (exact) mass is 151 g/mol. The molecule has 60 valence electrons. The highest BCUT2D eigenvalue weighted by Crippen LogP contribution is 2.01. The fourth-order valence-corrected chi connectivity index (χ4v) is 0.483. The maximum absolute atomic E-state index is 8.13. The number of allylic oxidation sites excluding steroid dienone is 4. The topological polar surface area (TPSA) is 33.0 Å². The lowest BCUT2D eigenvalue weighted by molar-refractivity contribution is 0.377. The third-order valence-corrected chi connectivity index (χ3v) is 1.37. The molecule has 2 nitrogen and oxygen atoms in total. The van der Waals surface area contributed by atoms with Gasteiger partial charge in [0.1, 0.15) is 5.76 Å². The number of nitriles is 1. The van der Waals surface area contributed by atoms with Crippen LogP contribution in [0.4, 0.5) is 0 Å². The Hall–Kier alpha value is -1.23. The minimum absolute atomic E-state index is 0.625. The van der Waals surface area contributed by atoms with Crippen molar-refractivity contribution in [2.24, 2.45) is 0 Å². The van der Waals surface area contributed by atoms with Gasteiger partial charge in [0.2, 0.25) is 0 Å². The second-order valence-electron chi connectivity index (χ2n) is 2.34. The number of rotatable bonds is 3. The van der Waals surface area contributed by atoms with E-state index < -0.39 is 0 Å². The Morgan fingerprint density at radius 2 is 2.09 bits per heavy atom. The molecule has 0 bridgehead atoms. The SMILES string of the molecule is CC/C(C)=C\C=C(/C)OC#N. The van der Waals surface area contributed by atoms with Gasteiger partial charge in [-0.25, -0.2) is 0 Å². The van der Waals surface area contributed by atoms with Crippen molar-refractivity contribution in [2.75, 3.05) is 0 Å². The highest BCUT2D eigenvalue weighted by atomic mass is 16.5. The zero-order chi connectivity index (χ0) is 8.69. The smallest absolute Gasteiger partial charge is 0.291 e. The summed E-state index contributed by atoms with van der Waals surface area (Å²) in [6.45, 7) is 5.87. The maximum atomic E-state index is 8.13. The fourth-order valence-electron chi connectivity index (χ4n) is 0.483. The number of hydrogen-bond donors (Lipinski definition) is 0. The van der Waals surface area contributed by atoms with Crippen molar-refractivity contribution in [3.8, 4) is 6.26 Å². The van der Waals surface area contributed by atoms with Gasteiger partial charge in [0.25, 0.3) is 6.26 Å². The molecule has 0 fully saturated rings. The number of hydrogen-bond acceptors (Lipinski definition) is 2. The zero-order valence-electron chi connectivity index (χ0n) is 7.22. The maximum Gasteiger partial charge on any atom is 0.291 e. The molecule has 0 saturated carbocycles. The normalized spacial score (nSPS) is 12.5. The van der Waals surface area contributed by atoms with Crippen LogP contribution in [0.15, 0.2) is 23.5 Å². The molecule has 0 saturated heterocycles. The van der Waals surface area contributed by atoms with Gasteiger partial charge in [-0.1, -0.05) is 18.6 Å². The molecule has 11 heavy (non-hydrogen) atoms. The molecule has 0 radical (unpaired) electrons. The van der Waals surface area contributed by atoms with Gasteiger partial charge in [0.05, 0.1) is 0 Å². The second kappa shape index (κ2) is 5.55. The Morgan fingerprint density at radius 1 is 1.45 bits per heavy atom. The first-order valence-electron chi connectivity index (χ1n) is 3.60. The van der Waals surface area contributed by atoms with Gasteiger partial charge in [0.15, 0.2) is 0 Å². The van der Waals surface area contributed by atoms with Crippen molar-refractivity contribution in [1.82, 2.24) is 0 Å². The van der Waals surface area contributed by atoms with Crippen LogP contribution in [0.2, 0.25) is 0 Å². The van der Waals surface area contributed by atoms with Gasteiger partial charge in [-0.15, -0.1) is 5.26 Å².